The third kappa shape index (κ3) is 3.08. The summed E-state index contributed by atoms with van der Waals surface area (Å²) in [4.78, 5) is 14.1. The van der Waals surface area contributed by atoms with Crippen molar-refractivity contribution in [1.29, 1.82) is 0 Å². The van der Waals surface area contributed by atoms with E-state index in [4.69, 9.17) is 0 Å². The summed E-state index contributed by atoms with van der Waals surface area (Å²) < 4.78 is 0. The lowest BCUT2D eigenvalue weighted by Crippen LogP contribution is -2.54. The molecule has 0 aliphatic carbocycles. The van der Waals surface area contributed by atoms with Crippen molar-refractivity contribution in [2.24, 2.45) is 0 Å². The zero-order chi connectivity index (χ0) is 11.4. The summed E-state index contributed by atoms with van der Waals surface area (Å²) in [5.41, 5.74) is 0. The molecular formula is C10H21N2OPS. The van der Waals surface area contributed by atoms with Crippen molar-refractivity contribution in [1.82, 2.24) is 9.99 Å². The second-order valence-corrected chi connectivity index (χ2v) is 5.83. The van der Waals surface area contributed by atoms with E-state index in [0.717, 1.165) is 18.6 Å². The van der Waals surface area contributed by atoms with Crippen LogP contribution in [0.5, 0.6) is 0 Å². The van der Waals surface area contributed by atoms with E-state index in [-0.39, 0.29) is 11.9 Å². The molecular weight excluding hydrogens is 227 g/mol. The number of amides is 1. The van der Waals surface area contributed by atoms with Crippen LogP contribution in [-0.2, 0) is 4.79 Å². The number of carbonyl (C=O) groups excluding carboxylic acids is 1. The molecule has 3 atom stereocenters. The van der Waals surface area contributed by atoms with Crippen LogP contribution in [0.2, 0.25) is 0 Å². The number of nitrogens with zero attached hydrogens (tertiary/aromatic N) is 1. The van der Waals surface area contributed by atoms with Crippen molar-refractivity contribution < 1.29 is 4.79 Å². The molecule has 88 valence electrons. The molecule has 1 saturated heterocycles. The van der Waals surface area contributed by atoms with Gasteiger partial charge in [0.2, 0.25) is 5.91 Å². The largest absolute Gasteiger partial charge is 0.327 e. The van der Waals surface area contributed by atoms with Crippen LogP contribution in [0.1, 0.15) is 33.6 Å². The van der Waals surface area contributed by atoms with Gasteiger partial charge >= 0.3 is 0 Å². The van der Waals surface area contributed by atoms with Crippen LogP contribution in [0.25, 0.3) is 0 Å². The molecule has 0 aromatic heterocycles. The van der Waals surface area contributed by atoms with E-state index in [1.807, 2.05) is 16.7 Å². The molecule has 0 spiro atoms. The van der Waals surface area contributed by atoms with Crippen LogP contribution in [0.15, 0.2) is 0 Å². The average Bonchev–Trinajstić information content (AvgIpc) is 2.18. The number of hydrogen-bond acceptors (Lipinski definition) is 3. The number of nitrogens with one attached hydrogen (secondary N) is 1. The number of hydrogen-bond donors (Lipinski definition) is 1. The standard InChI is InChI=1S/C10H21N2OPS/c1-4-15-9-6-5-8(11-14)10(13)12(9)7(2)3/h7-9,11H,4-6,14H2,1-3H3. The quantitative estimate of drug-likeness (QED) is 0.771. The first-order valence-corrected chi connectivity index (χ1v) is 7.14. The van der Waals surface area contributed by atoms with E-state index >= 15 is 0 Å². The minimum absolute atomic E-state index is 0.00824. The monoisotopic (exact) mass is 248 g/mol. The number of rotatable bonds is 4. The fourth-order valence-corrected chi connectivity index (χ4v) is 3.50. The van der Waals surface area contributed by atoms with Gasteiger partial charge in [0.05, 0.1) is 11.4 Å². The third-order valence-corrected chi connectivity index (χ3v) is 4.27. The molecule has 1 heterocycles. The van der Waals surface area contributed by atoms with Gasteiger partial charge in [0.1, 0.15) is 0 Å². The molecule has 1 fully saturated rings. The molecule has 15 heavy (non-hydrogen) atoms. The van der Waals surface area contributed by atoms with Gasteiger partial charge in [-0.15, -0.1) is 11.8 Å². The second-order valence-electron chi connectivity index (χ2n) is 4.05. The number of likely N-dealkylation sites (tertiary alicyclic amines) is 1. The normalized spacial score (nSPS) is 27.5. The Balaban J connectivity index is 2.73. The maximum absolute atomic E-state index is 12.1. The van der Waals surface area contributed by atoms with Gasteiger partial charge in [-0.3, -0.25) is 9.88 Å². The number of thioether (sulfide) groups is 1. The van der Waals surface area contributed by atoms with Crippen molar-refractivity contribution in [3.63, 3.8) is 0 Å². The lowest BCUT2D eigenvalue weighted by atomic mass is 10.0. The predicted molar refractivity (Wildman–Crippen MR) is 69.8 cm³/mol. The van der Waals surface area contributed by atoms with Crippen LogP contribution in [0.4, 0.5) is 0 Å². The minimum atomic E-state index is -0.00824. The van der Waals surface area contributed by atoms with Gasteiger partial charge in [-0.05, 0) is 32.4 Å². The summed E-state index contributed by atoms with van der Waals surface area (Å²) in [5.74, 6) is 1.32. The Bertz CT molecular complexity index is 225. The fourth-order valence-electron chi connectivity index (χ4n) is 1.99. The van der Waals surface area contributed by atoms with Crippen molar-refractivity contribution in [3.05, 3.63) is 0 Å². The predicted octanol–water partition coefficient (Wildman–Crippen LogP) is 1.84. The number of piperidine rings is 1. The summed E-state index contributed by atoms with van der Waals surface area (Å²) in [5, 5.41) is 3.39. The zero-order valence-corrected chi connectivity index (χ0v) is 11.7. The summed E-state index contributed by atoms with van der Waals surface area (Å²) in [6.07, 6.45) is 2.04. The van der Waals surface area contributed by atoms with Gasteiger partial charge < -0.3 is 4.90 Å². The molecule has 0 aromatic rings. The lowest BCUT2D eigenvalue weighted by Gasteiger charge is -2.41. The van der Waals surface area contributed by atoms with E-state index in [2.05, 4.69) is 35.2 Å². The van der Waals surface area contributed by atoms with Gasteiger partial charge in [0, 0.05) is 6.04 Å². The minimum Gasteiger partial charge on any atom is -0.327 e. The summed E-state index contributed by atoms with van der Waals surface area (Å²) in [6.45, 7) is 6.33. The van der Waals surface area contributed by atoms with Crippen LogP contribution in [0.3, 0.4) is 0 Å². The zero-order valence-electron chi connectivity index (χ0n) is 9.69. The lowest BCUT2D eigenvalue weighted by molar-refractivity contribution is -0.138. The Labute approximate surface area is 99.0 Å². The molecule has 1 amide bonds. The Morgan fingerprint density at radius 1 is 1.60 bits per heavy atom. The Hall–Kier alpha value is 0.210. The van der Waals surface area contributed by atoms with Crippen LogP contribution in [0, 0.1) is 0 Å². The topological polar surface area (TPSA) is 32.3 Å². The van der Waals surface area contributed by atoms with Gasteiger partial charge in [-0.25, -0.2) is 0 Å². The van der Waals surface area contributed by atoms with Crippen LogP contribution < -0.4 is 5.09 Å². The molecule has 0 aromatic carbocycles. The smallest absolute Gasteiger partial charge is 0.241 e. The van der Waals surface area contributed by atoms with Gasteiger partial charge in [0.25, 0.3) is 0 Å². The van der Waals surface area contributed by atoms with Crippen molar-refractivity contribution in [3.8, 4) is 0 Å². The summed E-state index contributed by atoms with van der Waals surface area (Å²) >= 11 is 1.88. The summed E-state index contributed by atoms with van der Waals surface area (Å²) in [6, 6.07) is 0.286. The van der Waals surface area contributed by atoms with E-state index < -0.39 is 0 Å². The van der Waals surface area contributed by atoms with Crippen molar-refractivity contribution >= 4 is 27.1 Å². The molecule has 3 nitrogen and oxygen atoms in total. The molecule has 1 aliphatic rings. The summed E-state index contributed by atoms with van der Waals surface area (Å²) in [7, 11) is 2.45. The van der Waals surface area contributed by atoms with E-state index in [0.29, 0.717) is 11.4 Å². The van der Waals surface area contributed by atoms with Gasteiger partial charge in [0.15, 0.2) is 0 Å². The molecule has 5 heteroatoms. The Morgan fingerprint density at radius 2 is 2.27 bits per heavy atom. The van der Waals surface area contributed by atoms with Crippen LogP contribution >= 0.6 is 21.2 Å². The highest BCUT2D eigenvalue weighted by molar-refractivity contribution is 7.99. The van der Waals surface area contributed by atoms with Crippen molar-refractivity contribution in [2.75, 3.05) is 5.75 Å². The molecule has 1 N–H and O–H groups in total. The number of carbonyl (C=O) groups is 1. The molecule has 1 aliphatic heterocycles. The van der Waals surface area contributed by atoms with E-state index in [1.54, 1.807) is 0 Å². The maximum Gasteiger partial charge on any atom is 0.241 e. The molecule has 0 saturated carbocycles. The van der Waals surface area contributed by atoms with E-state index in [1.165, 1.54) is 0 Å². The maximum atomic E-state index is 12.1. The highest BCUT2D eigenvalue weighted by Gasteiger charge is 2.35. The molecule has 0 bridgehead atoms. The van der Waals surface area contributed by atoms with E-state index in [9.17, 15) is 4.79 Å². The first-order chi connectivity index (χ1) is 7.11. The highest BCUT2D eigenvalue weighted by atomic mass is 32.2. The first-order valence-electron chi connectivity index (χ1n) is 5.51. The second kappa shape index (κ2) is 6.07. The Morgan fingerprint density at radius 3 is 2.73 bits per heavy atom. The van der Waals surface area contributed by atoms with Gasteiger partial charge in [-0.1, -0.05) is 16.3 Å². The third-order valence-electron chi connectivity index (χ3n) is 2.68. The fraction of sp³-hybridized carbons (Fsp3) is 0.900. The van der Waals surface area contributed by atoms with Gasteiger partial charge in [-0.2, -0.15) is 0 Å². The SMILES string of the molecule is CCSC1CCC(NP)C(=O)N1C(C)C. The molecule has 0 radical (unpaired) electrons. The van der Waals surface area contributed by atoms with Crippen LogP contribution in [-0.4, -0.2) is 34.0 Å². The average molecular weight is 248 g/mol. The van der Waals surface area contributed by atoms with Crippen molar-refractivity contribution in [2.45, 2.75) is 51.1 Å². The highest BCUT2D eigenvalue weighted by Crippen LogP contribution is 2.29. The Kier molecular flexibility index (Phi) is 5.37. The molecule has 3 unspecified atom stereocenters. The molecule has 1 rings (SSSR count). The first kappa shape index (κ1) is 13.3.